The van der Waals surface area contributed by atoms with E-state index in [2.05, 4.69) is 17.2 Å². The molecule has 1 aromatic rings. The number of carbonyl (C=O) groups excluding carboxylic acids is 1. The Hall–Kier alpha value is -1.62. The molecule has 1 amide bonds. The molecule has 1 N–H and O–H groups in total. The predicted molar refractivity (Wildman–Crippen MR) is 82.6 cm³/mol. The first-order valence-corrected chi connectivity index (χ1v) is 7.78. The highest BCUT2D eigenvalue weighted by Gasteiger charge is 2.23. The van der Waals surface area contributed by atoms with Gasteiger partial charge in [0.2, 0.25) is 0 Å². The van der Waals surface area contributed by atoms with E-state index in [1.807, 2.05) is 19.9 Å². The van der Waals surface area contributed by atoms with Gasteiger partial charge in [-0.25, -0.2) is 0 Å². The van der Waals surface area contributed by atoms with Gasteiger partial charge in [0.15, 0.2) is 0 Å². The van der Waals surface area contributed by atoms with E-state index in [0.717, 1.165) is 25.3 Å². The van der Waals surface area contributed by atoms with E-state index in [-0.39, 0.29) is 12.0 Å². The van der Waals surface area contributed by atoms with Gasteiger partial charge in [-0.2, -0.15) is 0 Å². The van der Waals surface area contributed by atoms with Crippen molar-refractivity contribution in [3.8, 4) is 5.75 Å². The summed E-state index contributed by atoms with van der Waals surface area (Å²) in [5.74, 6) is 1.20. The highest BCUT2D eigenvalue weighted by atomic mass is 16.5. The van der Waals surface area contributed by atoms with Gasteiger partial charge >= 0.3 is 0 Å². The van der Waals surface area contributed by atoms with E-state index >= 15 is 0 Å². The van der Waals surface area contributed by atoms with Crippen LogP contribution < -0.4 is 10.1 Å². The molecule has 0 radical (unpaired) electrons. The molecule has 1 aliphatic heterocycles. The lowest BCUT2D eigenvalue weighted by molar-refractivity contribution is 0.0764. The standard InChI is InChI=1S/C16H25N3O2/c1-4-19(5-2)16(20)14-10-13(7-9-18-14)21-15-11-17-8-6-12(15)3/h7,9-10,12,15,17H,4-6,8,11H2,1-3H3. The first-order valence-electron chi connectivity index (χ1n) is 7.78. The zero-order valence-electron chi connectivity index (χ0n) is 13.1. The van der Waals surface area contributed by atoms with Crippen molar-refractivity contribution in [2.75, 3.05) is 26.2 Å². The van der Waals surface area contributed by atoms with E-state index in [1.54, 1.807) is 17.2 Å². The Labute approximate surface area is 126 Å². The van der Waals surface area contributed by atoms with Gasteiger partial charge in [0.1, 0.15) is 17.5 Å². The van der Waals surface area contributed by atoms with Crippen LogP contribution in [0.5, 0.6) is 5.75 Å². The molecule has 0 spiro atoms. The monoisotopic (exact) mass is 291 g/mol. The van der Waals surface area contributed by atoms with Crippen LogP contribution in [0.25, 0.3) is 0 Å². The van der Waals surface area contributed by atoms with Gasteiger partial charge in [-0.05, 0) is 38.8 Å². The van der Waals surface area contributed by atoms with Crippen LogP contribution in [-0.4, -0.2) is 48.1 Å². The Balaban J connectivity index is 2.08. The summed E-state index contributed by atoms with van der Waals surface area (Å²) in [6, 6.07) is 3.57. The molecule has 2 unspecified atom stereocenters. The number of carbonyl (C=O) groups is 1. The lowest BCUT2D eigenvalue weighted by Crippen LogP contribution is -2.42. The van der Waals surface area contributed by atoms with Crippen molar-refractivity contribution in [2.24, 2.45) is 5.92 Å². The molecule has 116 valence electrons. The number of amides is 1. The van der Waals surface area contributed by atoms with Gasteiger partial charge in [0.05, 0.1) is 0 Å². The van der Waals surface area contributed by atoms with Crippen LogP contribution >= 0.6 is 0 Å². The SMILES string of the molecule is CCN(CC)C(=O)c1cc(OC2CNCCC2C)ccn1. The van der Waals surface area contributed by atoms with Crippen LogP contribution in [0.3, 0.4) is 0 Å². The highest BCUT2D eigenvalue weighted by molar-refractivity contribution is 5.92. The van der Waals surface area contributed by atoms with Crippen molar-refractivity contribution in [1.82, 2.24) is 15.2 Å². The zero-order chi connectivity index (χ0) is 15.2. The topological polar surface area (TPSA) is 54.5 Å². The first-order chi connectivity index (χ1) is 10.2. The molecule has 2 rings (SSSR count). The van der Waals surface area contributed by atoms with Gasteiger partial charge in [-0.3, -0.25) is 9.78 Å². The lowest BCUT2D eigenvalue weighted by atomic mass is 9.97. The van der Waals surface area contributed by atoms with Crippen LogP contribution in [0, 0.1) is 5.92 Å². The summed E-state index contributed by atoms with van der Waals surface area (Å²) in [6.07, 6.45) is 2.91. The minimum absolute atomic E-state index is 0.0414. The van der Waals surface area contributed by atoms with Gasteiger partial charge in [-0.15, -0.1) is 0 Å². The average Bonchev–Trinajstić information content (AvgIpc) is 2.51. The summed E-state index contributed by atoms with van der Waals surface area (Å²) in [5, 5.41) is 3.34. The smallest absolute Gasteiger partial charge is 0.272 e. The van der Waals surface area contributed by atoms with Crippen LogP contribution in [-0.2, 0) is 0 Å². The Morgan fingerprint density at radius 1 is 1.48 bits per heavy atom. The second-order valence-electron chi connectivity index (χ2n) is 5.48. The maximum Gasteiger partial charge on any atom is 0.272 e. The number of hydrogen-bond donors (Lipinski definition) is 1. The molecule has 2 heterocycles. The molecule has 2 atom stereocenters. The zero-order valence-corrected chi connectivity index (χ0v) is 13.1. The van der Waals surface area contributed by atoms with Crippen LogP contribution in [0.4, 0.5) is 0 Å². The molecule has 0 bridgehead atoms. The van der Waals surface area contributed by atoms with Crippen LogP contribution in [0.15, 0.2) is 18.3 Å². The molecular formula is C16H25N3O2. The summed E-state index contributed by atoms with van der Waals surface area (Å²) >= 11 is 0. The van der Waals surface area contributed by atoms with Crippen molar-refractivity contribution in [2.45, 2.75) is 33.3 Å². The van der Waals surface area contributed by atoms with Crippen molar-refractivity contribution < 1.29 is 9.53 Å². The summed E-state index contributed by atoms with van der Waals surface area (Å²) in [6.45, 7) is 9.41. The molecule has 1 aromatic heterocycles. The average molecular weight is 291 g/mol. The fraction of sp³-hybridized carbons (Fsp3) is 0.625. The molecule has 5 heteroatoms. The number of nitrogens with one attached hydrogen (secondary N) is 1. The molecule has 5 nitrogen and oxygen atoms in total. The summed E-state index contributed by atoms with van der Waals surface area (Å²) < 4.78 is 6.03. The highest BCUT2D eigenvalue weighted by Crippen LogP contribution is 2.20. The maximum absolute atomic E-state index is 12.3. The van der Waals surface area contributed by atoms with E-state index in [0.29, 0.717) is 24.7 Å². The third-order valence-corrected chi connectivity index (χ3v) is 4.05. The maximum atomic E-state index is 12.3. The number of ether oxygens (including phenoxy) is 1. The van der Waals surface area contributed by atoms with E-state index < -0.39 is 0 Å². The van der Waals surface area contributed by atoms with Crippen molar-refractivity contribution >= 4 is 5.91 Å². The number of hydrogen-bond acceptors (Lipinski definition) is 4. The molecular weight excluding hydrogens is 266 g/mol. The second kappa shape index (κ2) is 7.41. The fourth-order valence-electron chi connectivity index (χ4n) is 2.57. The number of nitrogens with zero attached hydrogens (tertiary/aromatic N) is 2. The molecule has 0 aliphatic carbocycles. The molecule has 21 heavy (non-hydrogen) atoms. The Bertz CT molecular complexity index is 474. The van der Waals surface area contributed by atoms with Gasteiger partial charge in [0.25, 0.3) is 5.91 Å². The van der Waals surface area contributed by atoms with Crippen LogP contribution in [0.1, 0.15) is 37.7 Å². The third kappa shape index (κ3) is 3.94. The molecule has 1 saturated heterocycles. The minimum atomic E-state index is -0.0414. The minimum Gasteiger partial charge on any atom is -0.489 e. The molecule has 1 aliphatic rings. The quantitative estimate of drug-likeness (QED) is 0.901. The number of pyridine rings is 1. The lowest BCUT2D eigenvalue weighted by Gasteiger charge is -2.30. The predicted octanol–water partition coefficient (Wildman–Crippen LogP) is 1.94. The van der Waals surface area contributed by atoms with Crippen molar-refractivity contribution in [3.05, 3.63) is 24.0 Å². The largest absolute Gasteiger partial charge is 0.489 e. The van der Waals surface area contributed by atoms with Crippen molar-refractivity contribution in [3.63, 3.8) is 0 Å². The van der Waals surface area contributed by atoms with E-state index in [1.165, 1.54) is 0 Å². The number of piperidine rings is 1. The molecule has 1 fully saturated rings. The Morgan fingerprint density at radius 3 is 2.90 bits per heavy atom. The van der Waals surface area contributed by atoms with Gasteiger partial charge in [0, 0.05) is 31.9 Å². The number of aromatic nitrogens is 1. The Morgan fingerprint density at radius 2 is 2.24 bits per heavy atom. The second-order valence-corrected chi connectivity index (χ2v) is 5.48. The van der Waals surface area contributed by atoms with Gasteiger partial charge < -0.3 is 15.0 Å². The third-order valence-electron chi connectivity index (χ3n) is 4.05. The summed E-state index contributed by atoms with van der Waals surface area (Å²) in [4.78, 5) is 18.3. The van der Waals surface area contributed by atoms with Crippen molar-refractivity contribution in [1.29, 1.82) is 0 Å². The normalized spacial score (nSPS) is 21.9. The van der Waals surface area contributed by atoms with Crippen LogP contribution in [0.2, 0.25) is 0 Å². The molecule has 0 saturated carbocycles. The number of rotatable bonds is 5. The Kier molecular flexibility index (Phi) is 5.56. The summed E-state index contributed by atoms with van der Waals surface area (Å²) in [7, 11) is 0. The summed E-state index contributed by atoms with van der Waals surface area (Å²) in [5.41, 5.74) is 0.452. The fourth-order valence-corrected chi connectivity index (χ4v) is 2.57. The van der Waals surface area contributed by atoms with E-state index in [4.69, 9.17) is 4.74 Å². The molecule has 0 aromatic carbocycles. The van der Waals surface area contributed by atoms with Gasteiger partial charge in [-0.1, -0.05) is 6.92 Å². The van der Waals surface area contributed by atoms with E-state index in [9.17, 15) is 4.79 Å². The first kappa shape index (κ1) is 15.8.